The molecule has 2 aliphatic rings. The number of aliphatic hydroxyl groups is 1. The van der Waals surface area contributed by atoms with Gasteiger partial charge in [-0.05, 0) is 49.3 Å². The van der Waals surface area contributed by atoms with Crippen LogP contribution in [-0.4, -0.2) is 55.4 Å². The average molecular weight is 617 g/mol. The standard InChI is InChI=1S/C28H32ClF3N2O6S/c1-3-17-10-20(8-15(2)28(17,37)13-25(35)33-18-6-7-40-14-18)41(38,39)24-9-16(4-5-21(24)29)27(36)34-19-11-22(30)26(32)23(31)12-19/h4-5,9,11-12,15,17-18,20,37H,3,6-8,10,13-14H2,1-2H3,(H,33,35)(H,34,36)/t15-,17?,18-,20-,28-/m0/s1. The molecule has 0 aromatic heterocycles. The first-order chi connectivity index (χ1) is 19.3. The number of sulfone groups is 1. The summed E-state index contributed by atoms with van der Waals surface area (Å²) in [6.07, 6.45) is 1.06. The van der Waals surface area contributed by atoms with Crippen LogP contribution in [0.1, 0.15) is 56.3 Å². The second-order valence-electron chi connectivity index (χ2n) is 10.8. The number of carbonyl (C=O) groups is 2. The van der Waals surface area contributed by atoms with Crippen molar-refractivity contribution in [1.29, 1.82) is 0 Å². The molecule has 1 unspecified atom stereocenters. The Labute approximate surface area is 241 Å². The number of hydrogen-bond acceptors (Lipinski definition) is 6. The molecule has 0 spiro atoms. The topological polar surface area (TPSA) is 122 Å². The molecule has 0 radical (unpaired) electrons. The van der Waals surface area contributed by atoms with Gasteiger partial charge in [-0.15, -0.1) is 0 Å². The summed E-state index contributed by atoms with van der Waals surface area (Å²) < 4.78 is 73.3. The number of amides is 2. The predicted octanol–water partition coefficient (Wildman–Crippen LogP) is 4.63. The molecule has 1 heterocycles. The molecule has 4 rings (SSSR count). The van der Waals surface area contributed by atoms with Crippen molar-refractivity contribution in [3.05, 3.63) is 58.4 Å². The minimum atomic E-state index is -4.12. The Hall–Kier alpha value is -2.67. The van der Waals surface area contributed by atoms with E-state index in [2.05, 4.69) is 10.6 Å². The first-order valence-corrected chi connectivity index (χ1v) is 15.3. The van der Waals surface area contributed by atoms with Gasteiger partial charge in [0.05, 0.1) is 39.8 Å². The summed E-state index contributed by atoms with van der Waals surface area (Å²) in [4.78, 5) is 25.2. The van der Waals surface area contributed by atoms with Gasteiger partial charge in [-0.3, -0.25) is 9.59 Å². The van der Waals surface area contributed by atoms with Gasteiger partial charge >= 0.3 is 0 Å². The Bertz CT molecular complexity index is 1410. The summed E-state index contributed by atoms with van der Waals surface area (Å²) in [7, 11) is -4.12. The maximum atomic E-state index is 13.8. The zero-order chi connectivity index (χ0) is 30.1. The summed E-state index contributed by atoms with van der Waals surface area (Å²) in [6.45, 7) is 4.49. The van der Waals surface area contributed by atoms with Crippen molar-refractivity contribution < 1.29 is 41.0 Å². The van der Waals surface area contributed by atoms with Crippen LogP contribution in [0.2, 0.25) is 5.02 Å². The van der Waals surface area contributed by atoms with Crippen LogP contribution in [0.4, 0.5) is 18.9 Å². The Morgan fingerprint density at radius 1 is 1.15 bits per heavy atom. The molecule has 2 aromatic carbocycles. The van der Waals surface area contributed by atoms with Crippen molar-refractivity contribution in [3.63, 3.8) is 0 Å². The fourth-order valence-electron chi connectivity index (χ4n) is 5.77. The van der Waals surface area contributed by atoms with E-state index in [9.17, 15) is 36.3 Å². The van der Waals surface area contributed by atoms with Crippen LogP contribution in [0.15, 0.2) is 35.2 Å². The third kappa shape index (κ3) is 6.55. The predicted molar refractivity (Wildman–Crippen MR) is 146 cm³/mol. The van der Waals surface area contributed by atoms with E-state index in [-0.39, 0.29) is 52.4 Å². The molecule has 3 N–H and O–H groups in total. The van der Waals surface area contributed by atoms with Gasteiger partial charge < -0.3 is 20.5 Å². The van der Waals surface area contributed by atoms with Gasteiger partial charge in [0.1, 0.15) is 0 Å². The lowest BCUT2D eigenvalue weighted by Crippen LogP contribution is -2.54. The smallest absolute Gasteiger partial charge is 0.255 e. The number of ether oxygens (including phenoxy) is 1. The van der Waals surface area contributed by atoms with Crippen molar-refractivity contribution >= 4 is 38.9 Å². The largest absolute Gasteiger partial charge is 0.389 e. The summed E-state index contributed by atoms with van der Waals surface area (Å²) >= 11 is 6.27. The first-order valence-electron chi connectivity index (χ1n) is 13.3. The van der Waals surface area contributed by atoms with E-state index >= 15 is 0 Å². The van der Waals surface area contributed by atoms with E-state index in [1.807, 2.05) is 6.92 Å². The lowest BCUT2D eigenvalue weighted by atomic mass is 9.66. The number of carbonyl (C=O) groups excluding carboxylic acids is 2. The molecule has 1 aliphatic heterocycles. The second-order valence-corrected chi connectivity index (χ2v) is 13.4. The van der Waals surface area contributed by atoms with Gasteiger partial charge in [0, 0.05) is 30.0 Å². The highest BCUT2D eigenvalue weighted by molar-refractivity contribution is 7.92. The van der Waals surface area contributed by atoms with Crippen LogP contribution in [-0.2, 0) is 19.4 Å². The molecule has 13 heteroatoms. The summed E-state index contributed by atoms with van der Waals surface area (Å²) in [5, 5.41) is 15.6. The first kappa shape index (κ1) is 31.3. The summed E-state index contributed by atoms with van der Waals surface area (Å²) in [5.41, 5.74) is -1.94. The van der Waals surface area contributed by atoms with Crippen molar-refractivity contribution in [3.8, 4) is 0 Å². The van der Waals surface area contributed by atoms with Gasteiger partial charge in [0.25, 0.3) is 5.91 Å². The van der Waals surface area contributed by atoms with E-state index in [0.717, 1.165) is 6.07 Å². The lowest BCUT2D eigenvalue weighted by Gasteiger charge is -2.47. The van der Waals surface area contributed by atoms with Crippen molar-refractivity contribution in [2.45, 2.75) is 67.7 Å². The maximum absolute atomic E-state index is 13.8. The molecule has 5 atom stereocenters. The minimum Gasteiger partial charge on any atom is -0.389 e. The van der Waals surface area contributed by atoms with E-state index in [0.29, 0.717) is 38.2 Å². The van der Waals surface area contributed by atoms with E-state index < -0.39 is 55.9 Å². The van der Waals surface area contributed by atoms with Crippen LogP contribution in [0.3, 0.4) is 0 Å². The molecule has 8 nitrogen and oxygen atoms in total. The van der Waals surface area contributed by atoms with Gasteiger partial charge in [0.15, 0.2) is 27.3 Å². The Kier molecular flexibility index (Phi) is 9.37. The molecule has 2 fully saturated rings. The highest BCUT2D eigenvalue weighted by Gasteiger charge is 2.50. The van der Waals surface area contributed by atoms with E-state index in [1.165, 1.54) is 12.1 Å². The fourth-order valence-corrected chi connectivity index (χ4v) is 8.23. The number of anilines is 1. The molecule has 0 bridgehead atoms. The Morgan fingerprint density at radius 2 is 1.83 bits per heavy atom. The van der Waals surface area contributed by atoms with Crippen LogP contribution in [0.5, 0.6) is 0 Å². The highest BCUT2D eigenvalue weighted by Crippen LogP contribution is 2.46. The Balaban J connectivity index is 1.53. The molecule has 1 saturated carbocycles. The van der Waals surface area contributed by atoms with Gasteiger partial charge in [0.2, 0.25) is 5.91 Å². The van der Waals surface area contributed by atoms with Crippen LogP contribution in [0, 0.1) is 29.3 Å². The fraction of sp³-hybridized carbons (Fsp3) is 0.500. The van der Waals surface area contributed by atoms with Crippen LogP contribution < -0.4 is 10.6 Å². The highest BCUT2D eigenvalue weighted by atomic mass is 35.5. The van der Waals surface area contributed by atoms with E-state index in [1.54, 1.807) is 6.92 Å². The van der Waals surface area contributed by atoms with E-state index in [4.69, 9.17) is 16.3 Å². The molecule has 2 aromatic rings. The number of benzene rings is 2. The molecular formula is C28H32ClF3N2O6S. The maximum Gasteiger partial charge on any atom is 0.255 e. The van der Waals surface area contributed by atoms with Gasteiger partial charge in [-0.1, -0.05) is 31.9 Å². The van der Waals surface area contributed by atoms with Crippen molar-refractivity contribution in [1.82, 2.24) is 5.32 Å². The summed E-state index contributed by atoms with van der Waals surface area (Å²) in [5.74, 6) is -6.96. The SMILES string of the molecule is CCC1C[C@@H](S(=O)(=O)c2cc(C(=O)Nc3cc(F)c(F)c(F)c3)ccc2Cl)C[C@H](C)[C@@]1(O)CC(=O)N[C@H]1CCOC1. The normalized spacial score (nSPS) is 26.5. The lowest BCUT2D eigenvalue weighted by molar-refractivity contribution is -0.138. The molecular weight excluding hydrogens is 585 g/mol. The molecule has 2 amide bonds. The average Bonchev–Trinajstić information content (AvgIpc) is 3.41. The summed E-state index contributed by atoms with van der Waals surface area (Å²) in [6, 6.07) is 4.63. The monoisotopic (exact) mass is 616 g/mol. The third-order valence-electron chi connectivity index (χ3n) is 8.14. The van der Waals surface area contributed by atoms with Crippen LogP contribution in [0.25, 0.3) is 0 Å². The zero-order valence-electron chi connectivity index (χ0n) is 22.6. The van der Waals surface area contributed by atoms with Gasteiger partial charge in [-0.25, -0.2) is 21.6 Å². The van der Waals surface area contributed by atoms with Crippen molar-refractivity contribution in [2.24, 2.45) is 11.8 Å². The molecule has 224 valence electrons. The zero-order valence-corrected chi connectivity index (χ0v) is 24.1. The van der Waals surface area contributed by atoms with Gasteiger partial charge in [-0.2, -0.15) is 0 Å². The van der Waals surface area contributed by atoms with Crippen molar-refractivity contribution in [2.75, 3.05) is 18.5 Å². The third-order valence-corrected chi connectivity index (χ3v) is 10.8. The second kappa shape index (κ2) is 12.3. The Morgan fingerprint density at radius 3 is 2.44 bits per heavy atom. The number of rotatable bonds is 8. The molecule has 41 heavy (non-hydrogen) atoms. The number of nitrogens with one attached hydrogen (secondary N) is 2. The number of hydrogen-bond donors (Lipinski definition) is 3. The number of halogens is 4. The quantitative estimate of drug-likeness (QED) is 0.372. The minimum absolute atomic E-state index is 0.0516. The van der Waals surface area contributed by atoms with Crippen LogP contribution >= 0.6 is 11.6 Å². The molecule has 1 aliphatic carbocycles. The molecule has 1 saturated heterocycles.